The van der Waals surface area contributed by atoms with Crippen molar-refractivity contribution in [3.05, 3.63) is 40.7 Å². The number of aldehydes is 1. The zero-order valence-electron chi connectivity index (χ0n) is 14.1. The van der Waals surface area contributed by atoms with E-state index in [1.54, 1.807) is 6.07 Å². The highest BCUT2D eigenvalue weighted by Crippen LogP contribution is 2.36. The first kappa shape index (κ1) is 16.3. The zero-order valence-corrected chi connectivity index (χ0v) is 14.9. The second kappa shape index (κ2) is 6.59. The van der Waals surface area contributed by atoms with Crippen molar-refractivity contribution in [3.8, 4) is 11.3 Å². The van der Waals surface area contributed by atoms with Gasteiger partial charge in [0.25, 0.3) is 0 Å². The van der Waals surface area contributed by atoms with Crippen LogP contribution >= 0.6 is 11.3 Å². The number of carbonyl (C=O) groups is 1. The minimum atomic E-state index is -0.275. The lowest BCUT2D eigenvalue weighted by Crippen LogP contribution is -2.17. The fraction of sp³-hybridized carbons (Fsp3) is 0.368. The number of carbonyl (C=O) groups excluding carboxylic acids is 1. The van der Waals surface area contributed by atoms with Crippen LogP contribution in [0.25, 0.3) is 16.2 Å². The van der Waals surface area contributed by atoms with Gasteiger partial charge in [-0.15, -0.1) is 11.3 Å². The maximum atomic E-state index is 14.5. The van der Waals surface area contributed by atoms with Gasteiger partial charge in [0, 0.05) is 29.1 Å². The normalized spacial score (nSPS) is 15.1. The molecular weight excluding hydrogens is 337 g/mol. The Bertz CT molecular complexity index is 924. The highest BCUT2D eigenvalue weighted by molar-refractivity contribution is 7.15. The van der Waals surface area contributed by atoms with Crippen LogP contribution in [-0.4, -0.2) is 21.7 Å². The molecule has 0 radical (unpaired) electrons. The van der Waals surface area contributed by atoms with Gasteiger partial charge >= 0.3 is 0 Å². The van der Waals surface area contributed by atoms with E-state index in [0.29, 0.717) is 23.7 Å². The number of thiazole rings is 1. The SMILES string of the molecule is Cc1ccc(F)c(-c2nc3scc(CC=O)n3c2NC2CCCC2)c1. The van der Waals surface area contributed by atoms with Crippen molar-refractivity contribution in [2.24, 2.45) is 0 Å². The van der Waals surface area contributed by atoms with Gasteiger partial charge in [-0.25, -0.2) is 9.37 Å². The van der Waals surface area contributed by atoms with E-state index in [2.05, 4.69) is 5.32 Å². The predicted molar refractivity (Wildman–Crippen MR) is 98.8 cm³/mol. The van der Waals surface area contributed by atoms with E-state index >= 15 is 0 Å². The van der Waals surface area contributed by atoms with Crippen LogP contribution in [0.5, 0.6) is 0 Å². The number of anilines is 1. The highest BCUT2D eigenvalue weighted by atomic mass is 32.1. The summed E-state index contributed by atoms with van der Waals surface area (Å²) in [5.74, 6) is 0.535. The van der Waals surface area contributed by atoms with Gasteiger partial charge in [0.1, 0.15) is 23.6 Å². The van der Waals surface area contributed by atoms with Crippen LogP contribution in [0.15, 0.2) is 23.6 Å². The van der Waals surface area contributed by atoms with Gasteiger partial charge in [-0.3, -0.25) is 4.40 Å². The Morgan fingerprint density at radius 3 is 2.96 bits per heavy atom. The largest absolute Gasteiger partial charge is 0.367 e. The summed E-state index contributed by atoms with van der Waals surface area (Å²) >= 11 is 1.48. The summed E-state index contributed by atoms with van der Waals surface area (Å²) in [7, 11) is 0. The lowest BCUT2D eigenvalue weighted by atomic mass is 10.1. The molecule has 0 bridgehead atoms. The molecule has 0 aliphatic heterocycles. The van der Waals surface area contributed by atoms with Crippen molar-refractivity contribution >= 4 is 28.4 Å². The third-order valence-corrected chi connectivity index (χ3v) is 5.67. The van der Waals surface area contributed by atoms with Crippen LogP contribution in [0.4, 0.5) is 10.2 Å². The first-order chi connectivity index (χ1) is 12.2. The lowest BCUT2D eigenvalue weighted by molar-refractivity contribution is -0.107. The molecule has 2 aromatic heterocycles. The summed E-state index contributed by atoms with van der Waals surface area (Å²) < 4.78 is 16.5. The molecule has 6 heteroatoms. The minimum absolute atomic E-state index is 0.275. The number of imidazole rings is 1. The summed E-state index contributed by atoms with van der Waals surface area (Å²) in [5.41, 5.74) is 3.02. The van der Waals surface area contributed by atoms with Gasteiger partial charge < -0.3 is 10.1 Å². The smallest absolute Gasteiger partial charge is 0.196 e. The maximum absolute atomic E-state index is 14.5. The first-order valence-electron chi connectivity index (χ1n) is 8.63. The zero-order chi connectivity index (χ0) is 17.4. The minimum Gasteiger partial charge on any atom is -0.367 e. The molecule has 1 aliphatic rings. The highest BCUT2D eigenvalue weighted by Gasteiger charge is 2.24. The average Bonchev–Trinajstić information content (AvgIpc) is 3.30. The van der Waals surface area contributed by atoms with Gasteiger partial charge in [-0.2, -0.15) is 0 Å². The molecule has 25 heavy (non-hydrogen) atoms. The van der Waals surface area contributed by atoms with Crippen molar-refractivity contribution in [2.45, 2.75) is 45.1 Å². The van der Waals surface area contributed by atoms with Gasteiger partial charge in [-0.05, 0) is 31.9 Å². The number of aromatic nitrogens is 2. The summed E-state index contributed by atoms with van der Waals surface area (Å²) in [6.07, 6.45) is 5.85. The van der Waals surface area contributed by atoms with Crippen LogP contribution in [0, 0.1) is 12.7 Å². The molecule has 1 aromatic carbocycles. The Hall–Kier alpha value is -2.21. The quantitative estimate of drug-likeness (QED) is 0.679. The second-order valence-electron chi connectivity index (χ2n) is 6.63. The number of aryl methyl sites for hydroxylation is 1. The summed E-state index contributed by atoms with van der Waals surface area (Å²) in [6, 6.07) is 5.46. The van der Waals surface area contributed by atoms with Crippen molar-refractivity contribution in [3.63, 3.8) is 0 Å². The van der Waals surface area contributed by atoms with E-state index in [-0.39, 0.29) is 5.82 Å². The van der Waals surface area contributed by atoms with Crippen LogP contribution in [0.1, 0.15) is 36.9 Å². The predicted octanol–water partition coefficient (Wildman–Crippen LogP) is 4.61. The summed E-state index contributed by atoms with van der Waals surface area (Å²) in [5, 5.41) is 5.54. The van der Waals surface area contributed by atoms with Crippen molar-refractivity contribution in [2.75, 3.05) is 5.32 Å². The van der Waals surface area contributed by atoms with E-state index < -0.39 is 0 Å². The number of hydrogen-bond donors (Lipinski definition) is 1. The molecule has 2 heterocycles. The average molecular weight is 357 g/mol. The standard InChI is InChI=1S/C19H20FN3OS/c1-12-6-7-16(20)15(10-12)17-18(21-13-4-2-3-5-13)23-14(8-9-24)11-25-19(23)22-17/h6-7,9-11,13,21H,2-5,8H2,1H3. The molecule has 0 saturated heterocycles. The maximum Gasteiger partial charge on any atom is 0.196 e. The van der Waals surface area contributed by atoms with Gasteiger partial charge in [0.15, 0.2) is 4.96 Å². The summed E-state index contributed by atoms with van der Waals surface area (Å²) in [4.78, 5) is 16.5. The molecular formula is C19H20FN3OS. The topological polar surface area (TPSA) is 46.4 Å². The monoisotopic (exact) mass is 357 g/mol. The Morgan fingerprint density at radius 1 is 1.40 bits per heavy atom. The van der Waals surface area contributed by atoms with Crippen molar-refractivity contribution in [1.29, 1.82) is 0 Å². The lowest BCUT2D eigenvalue weighted by Gasteiger charge is -2.15. The third-order valence-electron chi connectivity index (χ3n) is 4.80. The van der Waals surface area contributed by atoms with E-state index in [1.807, 2.05) is 22.8 Å². The number of fused-ring (bicyclic) bond motifs is 1. The molecule has 1 N–H and O–H groups in total. The molecule has 0 unspecified atom stereocenters. The Morgan fingerprint density at radius 2 is 2.20 bits per heavy atom. The first-order valence-corrected chi connectivity index (χ1v) is 9.51. The number of benzene rings is 1. The van der Waals surface area contributed by atoms with Gasteiger partial charge in [0.2, 0.25) is 0 Å². The molecule has 130 valence electrons. The Kier molecular flexibility index (Phi) is 4.29. The molecule has 1 fully saturated rings. The number of nitrogens with one attached hydrogen (secondary N) is 1. The van der Waals surface area contributed by atoms with E-state index in [9.17, 15) is 9.18 Å². The van der Waals surface area contributed by atoms with Crippen molar-refractivity contribution < 1.29 is 9.18 Å². The number of hydrogen-bond acceptors (Lipinski definition) is 4. The fourth-order valence-electron chi connectivity index (χ4n) is 3.55. The number of halogens is 1. The van der Waals surface area contributed by atoms with Gasteiger partial charge in [0.05, 0.1) is 0 Å². The molecule has 4 nitrogen and oxygen atoms in total. The van der Waals surface area contributed by atoms with Crippen LogP contribution < -0.4 is 5.32 Å². The van der Waals surface area contributed by atoms with Gasteiger partial charge in [-0.1, -0.05) is 24.5 Å². The molecule has 0 amide bonds. The molecule has 0 atom stereocenters. The van der Waals surface area contributed by atoms with Crippen LogP contribution in [0.3, 0.4) is 0 Å². The Labute approximate surface area is 149 Å². The summed E-state index contributed by atoms with van der Waals surface area (Å²) in [6.45, 7) is 1.95. The van der Waals surface area contributed by atoms with E-state index in [0.717, 1.165) is 41.2 Å². The molecule has 4 rings (SSSR count). The molecule has 1 saturated carbocycles. The Balaban J connectivity index is 1.90. The number of nitrogens with zero attached hydrogens (tertiary/aromatic N) is 2. The van der Waals surface area contributed by atoms with Crippen LogP contribution in [0.2, 0.25) is 0 Å². The molecule has 0 spiro atoms. The van der Waals surface area contributed by atoms with E-state index in [1.165, 1.54) is 30.2 Å². The second-order valence-corrected chi connectivity index (χ2v) is 7.47. The molecule has 3 aromatic rings. The fourth-order valence-corrected chi connectivity index (χ4v) is 4.45. The number of rotatable bonds is 5. The van der Waals surface area contributed by atoms with Crippen LogP contribution in [-0.2, 0) is 11.2 Å². The van der Waals surface area contributed by atoms with Crippen molar-refractivity contribution in [1.82, 2.24) is 9.38 Å². The molecule has 1 aliphatic carbocycles. The third kappa shape index (κ3) is 2.95. The van der Waals surface area contributed by atoms with E-state index in [4.69, 9.17) is 4.98 Å².